The molecule has 0 aromatic heterocycles. The highest BCUT2D eigenvalue weighted by atomic mass is 32.2. The molecule has 0 aliphatic rings. The molecule has 24 heavy (non-hydrogen) atoms. The Kier molecular flexibility index (Phi) is 10.8. The molecule has 3 atom stereocenters. The highest BCUT2D eigenvalue weighted by Gasteiger charge is 2.23. The highest BCUT2D eigenvalue weighted by molar-refractivity contribution is 7.98. The summed E-state index contributed by atoms with van der Waals surface area (Å²) in [6.07, 6.45) is 1.13. The van der Waals surface area contributed by atoms with Crippen LogP contribution < -0.4 is 16.0 Å². The molecule has 5 N–H and O–H groups in total. The summed E-state index contributed by atoms with van der Waals surface area (Å²) in [6, 6.07) is -1.98. The number of aliphatic hydroxyl groups is 1. The summed E-state index contributed by atoms with van der Waals surface area (Å²) >= 11 is 1.46. The Morgan fingerprint density at radius 1 is 1.12 bits per heavy atom. The van der Waals surface area contributed by atoms with Crippen LogP contribution in [0.2, 0.25) is 0 Å². The number of carbonyl (C=O) groups is 4. The number of hydrogen-bond donors (Lipinski definition) is 5. The highest BCUT2D eigenvalue weighted by Crippen LogP contribution is 2.01. The molecule has 0 fully saturated rings. The topological polar surface area (TPSA) is 145 Å². The van der Waals surface area contributed by atoms with Crippen LogP contribution in [0.5, 0.6) is 0 Å². The third-order valence-corrected chi connectivity index (χ3v) is 3.75. The van der Waals surface area contributed by atoms with Gasteiger partial charge in [-0.15, -0.1) is 0 Å². The van der Waals surface area contributed by atoms with Crippen LogP contribution in [0.25, 0.3) is 0 Å². The molecule has 1 unspecified atom stereocenters. The van der Waals surface area contributed by atoms with E-state index in [1.165, 1.54) is 18.7 Å². The van der Waals surface area contributed by atoms with Crippen molar-refractivity contribution in [2.75, 3.05) is 18.6 Å². The molecule has 0 aromatic rings. The Bertz CT molecular complexity index is 460. The molecule has 0 rings (SSSR count). The van der Waals surface area contributed by atoms with E-state index in [9.17, 15) is 24.3 Å². The smallest absolute Gasteiger partial charge is 0.326 e. The molecule has 3 amide bonds. The molecule has 0 heterocycles. The number of nitrogens with one attached hydrogen (secondary N) is 3. The van der Waals surface area contributed by atoms with Gasteiger partial charge >= 0.3 is 5.97 Å². The number of carbonyl (C=O) groups excluding carboxylic acids is 3. The molecule has 0 saturated heterocycles. The summed E-state index contributed by atoms with van der Waals surface area (Å²) in [7, 11) is 0. The van der Waals surface area contributed by atoms with Crippen LogP contribution in [-0.4, -0.2) is 70.6 Å². The maximum absolute atomic E-state index is 11.9. The molecule has 0 aliphatic heterocycles. The van der Waals surface area contributed by atoms with Gasteiger partial charge in [0.05, 0.1) is 6.54 Å². The predicted octanol–water partition coefficient (Wildman–Crippen LogP) is -1.30. The Balaban J connectivity index is 4.35. The molecule has 0 spiro atoms. The van der Waals surface area contributed by atoms with Gasteiger partial charge in [0, 0.05) is 0 Å². The third kappa shape index (κ3) is 8.73. The van der Waals surface area contributed by atoms with Gasteiger partial charge in [0.15, 0.2) is 0 Å². The van der Waals surface area contributed by atoms with Gasteiger partial charge in [-0.1, -0.05) is 6.92 Å². The van der Waals surface area contributed by atoms with Crippen molar-refractivity contribution in [3.8, 4) is 0 Å². The number of amides is 3. The lowest BCUT2D eigenvalue weighted by Gasteiger charge is -2.18. The van der Waals surface area contributed by atoms with Crippen LogP contribution in [0.3, 0.4) is 0 Å². The van der Waals surface area contributed by atoms with Crippen molar-refractivity contribution in [1.29, 1.82) is 0 Å². The van der Waals surface area contributed by atoms with Crippen molar-refractivity contribution >= 4 is 35.5 Å². The summed E-state index contributed by atoms with van der Waals surface area (Å²) in [5.41, 5.74) is 0. The molecule has 0 bridgehead atoms. The van der Waals surface area contributed by atoms with E-state index in [2.05, 4.69) is 16.0 Å². The zero-order chi connectivity index (χ0) is 18.7. The number of carboxylic acids is 1. The number of thioether (sulfide) groups is 1. The minimum Gasteiger partial charge on any atom is -0.480 e. The first-order chi connectivity index (χ1) is 11.2. The van der Waals surface area contributed by atoms with Crippen LogP contribution in [-0.2, 0) is 19.2 Å². The largest absolute Gasteiger partial charge is 0.480 e. The van der Waals surface area contributed by atoms with Crippen LogP contribution in [0, 0.1) is 0 Å². The number of aliphatic hydroxyl groups excluding tert-OH is 1. The first-order valence-corrected chi connectivity index (χ1v) is 8.89. The Morgan fingerprint density at radius 3 is 2.25 bits per heavy atom. The average molecular weight is 363 g/mol. The summed E-state index contributed by atoms with van der Waals surface area (Å²) in [5, 5.41) is 25.3. The Labute approximate surface area is 144 Å². The monoisotopic (exact) mass is 363 g/mol. The van der Waals surface area contributed by atoms with E-state index < -0.39 is 41.9 Å². The zero-order valence-corrected chi connectivity index (χ0v) is 14.8. The standard InChI is InChI=1S/C14H25N3O6S/c1-4-10(18)13(21)15-7-11(19)16-8(2)12(20)17-9(14(22)23)5-6-24-3/h8-10,18H,4-7H2,1-3H3,(H,15,21)(H,16,19)(H,17,20)(H,22,23)/t8-,9-,10?/m0/s1. The van der Waals surface area contributed by atoms with Gasteiger partial charge in [0.25, 0.3) is 0 Å². The van der Waals surface area contributed by atoms with Crippen LogP contribution in [0.4, 0.5) is 0 Å². The van der Waals surface area contributed by atoms with Crippen LogP contribution >= 0.6 is 11.8 Å². The van der Waals surface area contributed by atoms with Crippen LogP contribution in [0.1, 0.15) is 26.7 Å². The van der Waals surface area contributed by atoms with E-state index >= 15 is 0 Å². The average Bonchev–Trinajstić information content (AvgIpc) is 2.54. The molecule has 0 aliphatic carbocycles. The first-order valence-electron chi connectivity index (χ1n) is 7.50. The third-order valence-electron chi connectivity index (χ3n) is 3.11. The minimum absolute atomic E-state index is 0.221. The summed E-state index contributed by atoms with van der Waals surface area (Å²) in [4.78, 5) is 46.0. The zero-order valence-electron chi connectivity index (χ0n) is 14.0. The summed E-state index contributed by atoms with van der Waals surface area (Å²) < 4.78 is 0. The fourth-order valence-electron chi connectivity index (χ4n) is 1.62. The fourth-order valence-corrected chi connectivity index (χ4v) is 2.09. The molecule has 0 saturated carbocycles. The van der Waals surface area contributed by atoms with Gasteiger partial charge in [-0.3, -0.25) is 14.4 Å². The second-order valence-electron chi connectivity index (χ2n) is 5.11. The van der Waals surface area contributed by atoms with E-state index in [0.29, 0.717) is 5.75 Å². The molecular weight excluding hydrogens is 338 g/mol. The van der Waals surface area contributed by atoms with Crippen molar-refractivity contribution in [2.24, 2.45) is 0 Å². The lowest BCUT2D eigenvalue weighted by Crippen LogP contribution is -2.52. The molecule has 0 radical (unpaired) electrons. The summed E-state index contributed by atoms with van der Waals surface area (Å²) in [5.74, 6) is -2.49. The molecule has 9 nitrogen and oxygen atoms in total. The number of aliphatic carboxylic acids is 1. The molecule has 10 heteroatoms. The van der Waals surface area contributed by atoms with Crippen molar-refractivity contribution < 1.29 is 29.4 Å². The van der Waals surface area contributed by atoms with Gasteiger partial charge in [0.1, 0.15) is 18.2 Å². The summed E-state index contributed by atoms with van der Waals surface area (Å²) in [6.45, 7) is 2.64. The van der Waals surface area contributed by atoms with E-state index in [4.69, 9.17) is 5.11 Å². The SMILES string of the molecule is CCC(O)C(=O)NCC(=O)N[C@@H](C)C(=O)N[C@@H](CCSC)C(=O)O. The van der Waals surface area contributed by atoms with Crippen molar-refractivity contribution in [2.45, 2.75) is 44.9 Å². The maximum Gasteiger partial charge on any atom is 0.326 e. The van der Waals surface area contributed by atoms with Crippen LogP contribution in [0.15, 0.2) is 0 Å². The second kappa shape index (κ2) is 11.7. The number of carboxylic acid groups (broad SMARTS) is 1. The fraction of sp³-hybridized carbons (Fsp3) is 0.714. The number of rotatable bonds is 11. The number of hydrogen-bond acceptors (Lipinski definition) is 6. The molecular formula is C14H25N3O6S. The van der Waals surface area contributed by atoms with E-state index in [1.54, 1.807) is 6.92 Å². The van der Waals surface area contributed by atoms with Gasteiger partial charge < -0.3 is 26.2 Å². The molecule has 0 aromatic carbocycles. The lowest BCUT2D eigenvalue weighted by atomic mass is 10.2. The van der Waals surface area contributed by atoms with Gasteiger partial charge in [-0.25, -0.2) is 4.79 Å². The Morgan fingerprint density at radius 2 is 1.75 bits per heavy atom. The van der Waals surface area contributed by atoms with Gasteiger partial charge in [0.2, 0.25) is 17.7 Å². The minimum atomic E-state index is -1.19. The predicted molar refractivity (Wildman–Crippen MR) is 89.5 cm³/mol. The second-order valence-corrected chi connectivity index (χ2v) is 6.10. The lowest BCUT2D eigenvalue weighted by molar-refractivity contribution is -0.142. The van der Waals surface area contributed by atoms with Crippen molar-refractivity contribution in [3.05, 3.63) is 0 Å². The van der Waals surface area contributed by atoms with Gasteiger partial charge in [-0.2, -0.15) is 11.8 Å². The normalized spacial score (nSPS) is 14.2. The first kappa shape index (κ1) is 22.2. The molecule has 138 valence electrons. The van der Waals surface area contributed by atoms with Crippen molar-refractivity contribution in [3.63, 3.8) is 0 Å². The quantitative estimate of drug-likeness (QED) is 0.307. The van der Waals surface area contributed by atoms with Gasteiger partial charge in [-0.05, 0) is 31.8 Å². The van der Waals surface area contributed by atoms with E-state index in [0.717, 1.165) is 0 Å². The Hall–Kier alpha value is -1.81. The maximum atomic E-state index is 11.9. The van der Waals surface area contributed by atoms with Crippen molar-refractivity contribution in [1.82, 2.24) is 16.0 Å². The van der Waals surface area contributed by atoms with E-state index in [-0.39, 0.29) is 19.4 Å². The van der Waals surface area contributed by atoms with E-state index in [1.807, 2.05) is 6.26 Å².